The van der Waals surface area contributed by atoms with Gasteiger partial charge in [-0.1, -0.05) is 66.6 Å². The first kappa shape index (κ1) is 21.7. The van der Waals surface area contributed by atoms with Crippen molar-refractivity contribution in [2.75, 3.05) is 0 Å². The van der Waals surface area contributed by atoms with E-state index in [0.29, 0.717) is 6.61 Å². The molecular formula is C28H27NO3. The number of ether oxygens (including phenoxy) is 1. The van der Waals surface area contributed by atoms with Crippen LogP contribution in [-0.2, 0) is 31.0 Å². The Balaban J connectivity index is 1.34. The van der Waals surface area contributed by atoms with E-state index in [4.69, 9.17) is 9.84 Å². The fourth-order valence-electron chi connectivity index (χ4n) is 4.16. The van der Waals surface area contributed by atoms with Crippen molar-refractivity contribution in [2.45, 2.75) is 45.5 Å². The molecule has 0 saturated heterocycles. The lowest BCUT2D eigenvalue weighted by Crippen LogP contribution is -2.15. The SMILES string of the molecule is CC#C[C@@H](CC(=O)O)c1ccc(OCc2cccc(CN3Cc4ccccc4C3)c2)cc1. The quantitative estimate of drug-likeness (QED) is 0.494. The summed E-state index contributed by atoms with van der Waals surface area (Å²) < 4.78 is 5.98. The maximum Gasteiger partial charge on any atom is 0.304 e. The van der Waals surface area contributed by atoms with E-state index in [9.17, 15) is 4.79 Å². The van der Waals surface area contributed by atoms with Gasteiger partial charge in [0.1, 0.15) is 12.4 Å². The van der Waals surface area contributed by atoms with Gasteiger partial charge in [-0.2, -0.15) is 0 Å². The van der Waals surface area contributed by atoms with Crippen LogP contribution in [0.5, 0.6) is 5.75 Å². The highest BCUT2D eigenvalue weighted by Gasteiger charge is 2.18. The van der Waals surface area contributed by atoms with Gasteiger partial charge in [-0.15, -0.1) is 5.92 Å². The third kappa shape index (κ3) is 5.57. The summed E-state index contributed by atoms with van der Waals surface area (Å²) in [5.74, 6) is 5.39. The van der Waals surface area contributed by atoms with E-state index >= 15 is 0 Å². The van der Waals surface area contributed by atoms with Gasteiger partial charge >= 0.3 is 5.97 Å². The van der Waals surface area contributed by atoms with Crippen molar-refractivity contribution < 1.29 is 14.6 Å². The predicted molar refractivity (Wildman–Crippen MR) is 125 cm³/mol. The molecule has 3 aromatic carbocycles. The van der Waals surface area contributed by atoms with Gasteiger partial charge in [0, 0.05) is 19.6 Å². The van der Waals surface area contributed by atoms with Crippen LogP contribution in [0.4, 0.5) is 0 Å². The van der Waals surface area contributed by atoms with Crippen LogP contribution in [0.15, 0.2) is 72.8 Å². The highest BCUT2D eigenvalue weighted by Crippen LogP contribution is 2.25. The van der Waals surface area contributed by atoms with Crippen LogP contribution in [0.25, 0.3) is 0 Å². The number of nitrogens with zero attached hydrogens (tertiary/aromatic N) is 1. The van der Waals surface area contributed by atoms with Crippen LogP contribution in [0.3, 0.4) is 0 Å². The molecule has 1 N–H and O–H groups in total. The first-order valence-electron chi connectivity index (χ1n) is 10.8. The molecule has 32 heavy (non-hydrogen) atoms. The lowest BCUT2D eigenvalue weighted by atomic mass is 9.96. The molecule has 162 valence electrons. The van der Waals surface area contributed by atoms with Crippen molar-refractivity contribution in [3.05, 3.63) is 101 Å². The minimum absolute atomic E-state index is 0.00403. The molecule has 4 rings (SSSR count). The molecule has 0 bridgehead atoms. The molecule has 4 heteroatoms. The van der Waals surface area contributed by atoms with Gasteiger partial charge in [0.05, 0.1) is 12.3 Å². The Morgan fingerprint density at radius 1 is 1.00 bits per heavy atom. The number of fused-ring (bicyclic) bond motifs is 1. The van der Waals surface area contributed by atoms with Crippen LogP contribution in [0.2, 0.25) is 0 Å². The summed E-state index contributed by atoms with van der Waals surface area (Å²) in [5, 5.41) is 9.10. The molecule has 1 atom stereocenters. The van der Waals surface area contributed by atoms with Crippen LogP contribution >= 0.6 is 0 Å². The highest BCUT2D eigenvalue weighted by atomic mass is 16.5. The monoisotopic (exact) mass is 425 g/mol. The second kappa shape index (κ2) is 10.2. The van der Waals surface area contributed by atoms with Crippen LogP contribution < -0.4 is 4.74 Å². The lowest BCUT2D eigenvalue weighted by molar-refractivity contribution is -0.137. The summed E-state index contributed by atoms with van der Waals surface area (Å²) >= 11 is 0. The summed E-state index contributed by atoms with van der Waals surface area (Å²) in [7, 11) is 0. The molecule has 0 fully saturated rings. The summed E-state index contributed by atoms with van der Waals surface area (Å²) in [6.45, 7) is 5.12. The summed E-state index contributed by atoms with van der Waals surface area (Å²) in [6, 6.07) is 24.7. The molecule has 0 saturated carbocycles. The average molecular weight is 426 g/mol. The minimum atomic E-state index is -0.851. The third-order valence-corrected chi connectivity index (χ3v) is 5.69. The van der Waals surface area contributed by atoms with E-state index in [2.05, 4.69) is 65.3 Å². The Morgan fingerprint density at radius 3 is 2.34 bits per heavy atom. The topological polar surface area (TPSA) is 49.8 Å². The molecule has 0 amide bonds. The number of hydrogen-bond donors (Lipinski definition) is 1. The van der Waals surface area contributed by atoms with E-state index in [1.165, 1.54) is 16.7 Å². The Morgan fingerprint density at radius 2 is 1.69 bits per heavy atom. The largest absolute Gasteiger partial charge is 0.489 e. The first-order valence-corrected chi connectivity index (χ1v) is 10.8. The number of hydrogen-bond acceptors (Lipinski definition) is 3. The predicted octanol–water partition coefficient (Wildman–Crippen LogP) is 5.36. The number of rotatable bonds is 8. The third-order valence-electron chi connectivity index (χ3n) is 5.69. The molecule has 0 spiro atoms. The van der Waals surface area contributed by atoms with Gasteiger partial charge in [-0.05, 0) is 46.9 Å². The van der Waals surface area contributed by atoms with Gasteiger partial charge in [-0.25, -0.2) is 0 Å². The van der Waals surface area contributed by atoms with Crippen molar-refractivity contribution in [2.24, 2.45) is 0 Å². The van der Waals surface area contributed by atoms with E-state index in [1.807, 2.05) is 24.3 Å². The number of aliphatic carboxylic acids is 1. The molecule has 0 radical (unpaired) electrons. The fourth-order valence-corrected chi connectivity index (χ4v) is 4.16. The highest BCUT2D eigenvalue weighted by molar-refractivity contribution is 5.69. The van der Waals surface area contributed by atoms with E-state index < -0.39 is 5.97 Å². The van der Waals surface area contributed by atoms with Crippen LogP contribution in [0, 0.1) is 11.8 Å². The van der Waals surface area contributed by atoms with Gasteiger partial charge in [-0.3, -0.25) is 9.69 Å². The minimum Gasteiger partial charge on any atom is -0.489 e. The number of carboxylic acid groups (broad SMARTS) is 1. The molecule has 0 aliphatic carbocycles. The summed E-state index contributed by atoms with van der Waals surface area (Å²) in [4.78, 5) is 13.5. The smallest absolute Gasteiger partial charge is 0.304 e. The van der Waals surface area contributed by atoms with Crippen molar-refractivity contribution in [1.29, 1.82) is 0 Å². The van der Waals surface area contributed by atoms with Gasteiger partial charge < -0.3 is 9.84 Å². The average Bonchev–Trinajstić information content (AvgIpc) is 3.20. The summed E-state index contributed by atoms with van der Waals surface area (Å²) in [6.07, 6.45) is -0.00403. The maximum atomic E-state index is 11.1. The maximum absolute atomic E-state index is 11.1. The van der Waals surface area contributed by atoms with Gasteiger partial charge in [0.15, 0.2) is 0 Å². The van der Waals surface area contributed by atoms with Crippen molar-refractivity contribution in [3.63, 3.8) is 0 Å². The lowest BCUT2D eigenvalue weighted by Gasteiger charge is -2.16. The van der Waals surface area contributed by atoms with Gasteiger partial charge in [0.25, 0.3) is 0 Å². The van der Waals surface area contributed by atoms with E-state index in [-0.39, 0.29) is 12.3 Å². The standard InChI is InChI=1S/C28H27NO3/c1-2-6-24(16-28(30)31)23-11-13-27(14-12-23)32-20-22-8-5-7-21(15-22)17-29-18-25-9-3-4-10-26(25)19-29/h3-5,7-15,24H,16-20H2,1H3,(H,30,31)/t24-/m0/s1. The number of carbonyl (C=O) groups is 1. The molecular weight excluding hydrogens is 398 g/mol. The zero-order chi connectivity index (χ0) is 22.3. The van der Waals surface area contributed by atoms with Crippen LogP contribution in [-0.4, -0.2) is 16.0 Å². The zero-order valence-corrected chi connectivity index (χ0v) is 18.3. The normalized spacial score (nSPS) is 13.7. The molecule has 1 aliphatic heterocycles. The van der Waals surface area contributed by atoms with Crippen LogP contribution in [0.1, 0.15) is 47.1 Å². The van der Waals surface area contributed by atoms with Crippen molar-refractivity contribution in [1.82, 2.24) is 4.90 Å². The second-order valence-electron chi connectivity index (χ2n) is 8.14. The molecule has 3 aromatic rings. The van der Waals surface area contributed by atoms with E-state index in [0.717, 1.165) is 36.5 Å². The Hall–Kier alpha value is -3.55. The number of carboxylic acids is 1. The van der Waals surface area contributed by atoms with E-state index in [1.54, 1.807) is 6.92 Å². The summed E-state index contributed by atoms with van der Waals surface area (Å²) in [5.41, 5.74) is 6.15. The van der Waals surface area contributed by atoms with Gasteiger partial charge in [0.2, 0.25) is 0 Å². The molecule has 4 nitrogen and oxygen atoms in total. The molecule has 0 aromatic heterocycles. The van der Waals surface area contributed by atoms with Crippen molar-refractivity contribution >= 4 is 5.97 Å². The fraction of sp³-hybridized carbons (Fsp3) is 0.250. The Bertz CT molecular complexity index is 1120. The molecule has 1 heterocycles. The Labute approximate surface area is 189 Å². The van der Waals surface area contributed by atoms with Crippen molar-refractivity contribution in [3.8, 4) is 17.6 Å². The zero-order valence-electron chi connectivity index (χ0n) is 18.3. The molecule has 0 unspecified atom stereocenters. The number of benzene rings is 3. The Kier molecular flexibility index (Phi) is 6.89. The molecule has 1 aliphatic rings. The first-order chi connectivity index (χ1) is 15.6. The second-order valence-corrected chi connectivity index (χ2v) is 8.14.